The lowest BCUT2D eigenvalue weighted by atomic mass is 10.1. The number of dihydropyridines is 1. The van der Waals surface area contributed by atoms with Crippen LogP contribution in [0.15, 0.2) is 170 Å². The molecule has 232 valence electrons. The highest BCUT2D eigenvalue weighted by atomic mass is 15.2. The van der Waals surface area contributed by atoms with Gasteiger partial charge in [-0.05, 0) is 66.9 Å². The summed E-state index contributed by atoms with van der Waals surface area (Å²) in [5, 5.41) is 6.89. The van der Waals surface area contributed by atoms with Crippen LogP contribution in [0.1, 0.15) is 11.7 Å². The summed E-state index contributed by atoms with van der Waals surface area (Å²) in [4.78, 5) is 10.4. The first-order valence-electron chi connectivity index (χ1n) is 16.6. The van der Waals surface area contributed by atoms with Gasteiger partial charge < -0.3 is 9.88 Å². The Morgan fingerprint density at radius 2 is 1.20 bits per heavy atom. The van der Waals surface area contributed by atoms with Gasteiger partial charge in [-0.2, -0.15) is 0 Å². The van der Waals surface area contributed by atoms with Crippen LogP contribution in [-0.2, 0) is 0 Å². The van der Waals surface area contributed by atoms with E-state index in [1.54, 1.807) is 0 Å². The molecule has 10 rings (SSSR count). The predicted molar refractivity (Wildman–Crippen MR) is 200 cm³/mol. The van der Waals surface area contributed by atoms with Gasteiger partial charge in [0.05, 0.1) is 40.2 Å². The monoisotopic (exact) mass is 630 g/mol. The van der Waals surface area contributed by atoms with Crippen molar-refractivity contribution in [3.8, 4) is 28.5 Å². The number of hydrogen-bond acceptors (Lipinski definition) is 3. The first kappa shape index (κ1) is 27.5. The van der Waals surface area contributed by atoms with Crippen LogP contribution >= 0.6 is 0 Å². The minimum Gasteiger partial charge on any atom is -0.379 e. The Kier molecular flexibility index (Phi) is 6.14. The molecule has 6 nitrogen and oxygen atoms in total. The molecule has 0 bridgehead atoms. The third-order valence-corrected chi connectivity index (χ3v) is 9.55. The van der Waals surface area contributed by atoms with Crippen LogP contribution in [0.5, 0.6) is 0 Å². The molecule has 0 spiro atoms. The molecule has 49 heavy (non-hydrogen) atoms. The molecule has 1 N–H and O–H groups in total. The van der Waals surface area contributed by atoms with Crippen molar-refractivity contribution in [1.29, 1.82) is 0 Å². The molecule has 0 amide bonds. The van der Waals surface area contributed by atoms with E-state index >= 15 is 0 Å². The number of nitrogens with zero attached hydrogens (tertiary/aromatic N) is 5. The second-order valence-corrected chi connectivity index (χ2v) is 12.4. The topological polar surface area (TPSA) is 52.6 Å². The molecule has 1 aliphatic heterocycles. The van der Waals surface area contributed by atoms with E-state index in [1.807, 2.05) is 18.5 Å². The fourth-order valence-electron chi connectivity index (χ4n) is 7.37. The van der Waals surface area contributed by atoms with Gasteiger partial charge in [0.2, 0.25) is 0 Å². The molecule has 0 fully saturated rings. The molecule has 1 unspecified atom stereocenters. The van der Waals surface area contributed by atoms with E-state index < -0.39 is 0 Å². The van der Waals surface area contributed by atoms with E-state index in [0.29, 0.717) is 0 Å². The maximum atomic E-state index is 5.44. The molecule has 0 aliphatic carbocycles. The van der Waals surface area contributed by atoms with E-state index in [-0.39, 0.29) is 6.04 Å². The molecule has 5 heterocycles. The van der Waals surface area contributed by atoms with E-state index in [1.165, 1.54) is 10.8 Å². The average Bonchev–Trinajstić information content (AvgIpc) is 3.82. The zero-order valence-corrected chi connectivity index (χ0v) is 26.5. The minimum absolute atomic E-state index is 0.0555. The van der Waals surface area contributed by atoms with Crippen molar-refractivity contribution in [1.82, 2.24) is 29.0 Å². The maximum Gasteiger partial charge on any atom is 0.165 e. The standard InChI is InChI=1S/C43H30N6/c1-4-14-29(15-5-1)42-46-43-41(49(42)31-18-8-3-9-19-31)35-27-39-34(26-40(35)48(43)30-16-6-2-7-17-30)33-20-10-11-22-38(33)47(39)32-23-24-37(45-28-32)36-21-12-13-25-44-36/h1-28,36,44H. The van der Waals surface area contributed by atoms with Crippen LogP contribution in [0.2, 0.25) is 0 Å². The Morgan fingerprint density at radius 1 is 0.531 bits per heavy atom. The van der Waals surface area contributed by atoms with Gasteiger partial charge in [-0.1, -0.05) is 97.1 Å². The molecule has 4 aromatic heterocycles. The zero-order chi connectivity index (χ0) is 32.3. The van der Waals surface area contributed by atoms with Crippen molar-refractivity contribution >= 4 is 43.9 Å². The third-order valence-electron chi connectivity index (χ3n) is 9.55. The molecule has 9 aromatic rings. The maximum absolute atomic E-state index is 5.44. The van der Waals surface area contributed by atoms with Crippen molar-refractivity contribution in [3.05, 3.63) is 176 Å². The highest BCUT2D eigenvalue weighted by Gasteiger charge is 2.25. The van der Waals surface area contributed by atoms with Crippen LogP contribution in [0.3, 0.4) is 0 Å². The summed E-state index contributed by atoms with van der Waals surface area (Å²) in [6.45, 7) is 0. The average molecular weight is 631 g/mol. The molecule has 1 atom stereocenters. The largest absolute Gasteiger partial charge is 0.379 e. The number of hydrogen-bond donors (Lipinski definition) is 1. The summed E-state index contributed by atoms with van der Waals surface area (Å²) >= 11 is 0. The summed E-state index contributed by atoms with van der Waals surface area (Å²) in [6.07, 6.45) is 10.1. The summed E-state index contributed by atoms with van der Waals surface area (Å²) in [6, 6.07) is 49.3. The zero-order valence-electron chi connectivity index (χ0n) is 26.5. The van der Waals surface area contributed by atoms with Gasteiger partial charge in [0.25, 0.3) is 0 Å². The van der Waals surface area contributed by atoms with Crippen LogP contribution in [-0.4, -0.2) is 23.7 Å². The predicted octanol–water partition coefficient (Wildman–Crippen LogP) is 9.84. The number of fused-ring (bicyclic) bond motifs is 6. The second kappa shape index (κ2) is 11.0. The molecule has 6 heteroatoms. The lowest BCUT2D eigenvalue weighted by Crippen LogP contribution is -2.16. The van der Waals surface area contributed by atoms with Crippen molar-refractivity contribution in [2.45, 2.75) is 6.04 Å². The van der Waals surface area contributed by atoms with Crippen molar-refractivity contribution < 1.29 is 0 Å². The SMILES string of the molecule is C1=CNC(c2ccc(-n3c4ccccc4c4cc5c(cc43)c3c(nc(-c4ccccc4)n3-c3ccccc3)n5-c3ccccc3)cn2)C=C1. The van der Waals surface area contributed by atoms with Crippen molar-refractivity contribution in [2.75, 3.05) is 0 Å². The van der Waals surface area contributed by atoms with E-state index in [0.717, 1.165) is 67.2 Å². The summed E-state index contributed by atoms with van der Waals surface area (Å²) < 4.78 is 6.98. The Bertz CT molecular complexity index is 2710. The van der Waals surface area contributed by atoms with Crippen LogP contribution in [0.4, 0.5) is 0 Å². The smallest absolute Gasteiger partial charge is 0.165 e. The third kappa shape index (κ3) is 4.27. The van der Waals surface area contributed by atoms with Gasteiger partial charge >= 0.3 is 0 Å². The van der Waals surface area contributed by atoms with E-state index in [4.69, 9.17) is 9.97 Å². The van der Waals surface area contributed by atoms with E-state index in [9.17, 15) is 0 Å². The Labute approximate surface area is 282 Å². The normalized spacial score (nSPS) is 14.3. The van der Waals surface area contributed by atoms with Gasteiger partial charge in [0.1, 0.15) is 11.3 Å². The number of para-hydroxylation sites is 3. The van der Waals surface area contributed by atoms with Gasteiger partial charge in [-0.25, -0.2) is 4.98 Å². The van der Waals surface area contributed by atoms with Crippen molar-refractivity contribution in [3.63, 3.8) is 0 Å². The number of rotatable bonds is 5. The Hall–Kier alpha value is -6.66. The molecule has 0 radical (unpaired) electrons. The number of aromatic nitrogens is 5. The van der Waals surface area contributed by atoms with Crippen molar-refractivity contribution in [2.24, 2.45) is 0 Å². The minimum atomic E-state index is 0.0555. The molecule has 0 saturated carbocycles. The molecule has 1 aliphatic rings. The van der Waals surface area contributed by atoms with E-state index in [2.05, 4.69) is 171 Å². The highest BCUT2D eigenvalue weighted by molar-refractivity contribution is 6.18. The fraction of sp³-hybridized carbons (Fsp3) is 0.0233. The van der Waals surface area contributed by atoms with Crippen LogP contribution in [0.25, 0.3) is 72.3 Å². The summed E-state index contributed by atoms with van der Waals surface area (Å²) in [5.41, 5.74) is 10.6. The number of nitrogens with one attached hydrogen (secondary N) is 1. The quantitative estimate of drug-likeness (QED) is 0.206. The summed E-state index contributed by atoms with van der Waals surface area (Å²) in [7, 11) is 0. The first-order chi connectivity index (χ1) is 24.3. The number of imidazole rings is 1. The van der Waals surface area contributed by atoms with Gasteiger partial charge in [-0.15, -0.1) is 0 Å². The Morgan fingerprint density at radius 3 is 1.92 bits per heavy atom. The lowest BCUT2D eigenvalue weighted by Gasteiger charge is -2.16. The second-order valence-electron chi connectivity index (χ2n) is 12.4. The molecule has 5 aromatic carbocycles. The molecular weight excluding hydrogens is 601 g/mol. The number of pyridine rings is 1. The van der Waals surface area contributed by atoms with Gasteiger partial charge in [0, 0.05) is 33.1 Å². The first-order valence-corrected chi connectivity index (χ1v) is 16.6. The summed E-state index contributed by atoms with van der Waals surface area (Å²) in [5.74, 6) is 0.907. The van der Waals surface area contributed by atoms with Crippen LogP contribution in [0, 0.1) is 0 Å². The Balaban J connectivity index is 1.32. The van der Waals surface area contributed by atoms with Gasteiger partial charge in [0.15, 0.2) is 5.65 Å². The molecular formula is C43H30N6. The van der Waals surface area contributed by atoms with Gasteiger partial charge in [-0.3, -0.25) is 14.1 Å². The van der Waals surface area contributed by atoms with Crippen LogP contribution < -0.4 is 5.32 Å². The number of benzene rings is 5. The molecule has 0 saturated heterocycles. The highest BCUT2D eigenvalue weighted by Crippen LogP contribution is 2.41. The lowest BCUT2D eigenvalue weighted by molar-refractivity contribution is 0.720. The number of allylic oxidation sites excluding steroid dienone is 2. The fourth-order valence-corrected chi connectivity index (χ4v) is 7.37.